The molecule has 1 aliphatic carbocycles. The Bertz CT molecular complexity index is 826. The molecule has 0 unspecified atom stereocenters. The molecule has 0 fully saturated rings. The van der Waals surface area contributed by atoms with Crippen molar-refractivity contribution in [3.05, 3.63) is 52.5 Å². The van der Waals surface area contributed by atoms with Crippen molar-refractivity contribution in [2.75, 3.05) is 5.32 Å². The van der Waals surface area contributed by atoms with Crippen LogP contribution in [0.4, 0.5) is 5.69 Å². The number of benzene rings is 1. The molecule has 1 N–H and O–H groups in total. The van der Waals surface area contributed by atoms with Crippen molar-refractivity contribution < 1.29 is 14.0 Å². The van der Waals surface area contributed by atoms with Gasteiger partial charge in [0.25, 0.3) is 5.91 Å². The van der Waals surface area contributed by atoms with E-state index in [4.69, 9.17) is 4.42 Å². The molecule has 0 radical (unpaired) electrons. The maximum atomic E-state index is 12.6. The summed E-state index contributed by atoms with van der Waals surface area (Å²) < 4.78 is 5.81. The van der Waals surface area contributed by atoms with Crippen LogP contribution in [0.3, 0.4) is 0 Å². The summed E-state index contributed by atoms with van der Waals surface area (Å²) >= 11 is 0. The second kappa shape index (κ2) is 6.17. The minimum Gasteiger partial charge on any atom is -0.455 e. The molecule has 1 aliphatic rings. The van der Waals surface area contributed by atoms with Gasteiger partial charge in [0, 0.05) is 24.1 Å². The van der Waals surface area contributed by atoms with Crippen LogP contribution < -0.4 is 5.32 Å². The normalized spacial score (nSPS) is 16.0. The quantitative estimate of drug-likeness (QED) is 0.844. The van der Waals surface area contributed by atoms with E-state index in [0.29, 0.717) is 35.6 Å². The minimum atomic E-state index is -0.310. The van der Waals surface area contributed by atoms with Crippen LogP contribution in [0.5, 0.6) is 0 Å². The Balaban J connectivity index is 1.85. The monoisotopic (exact) mass is 339 g/mol. The Morgan fingerprint density at radius 2 is 1.80 bits per heavy atom. The van der Waals surface area contributed by atoms with E-state index in [1.165, 1.54) is 5.56 Å². The molecule has 132 valence electrons. The number of carbonyl (C=O) groups excluding carboxylic acids is 2. The Hall–Kier alpha value is -2.36. The topological polar surface area (TPSA) is 59.3 Å². The van der Waals surface area contributed by atoms with Crippen LogP contribution in [0.15, 0.2) is 28.7 Å². The highest BCUT2D eigenvalue weighted by Gasteiger charge is 2.37. The number of ketones is 1. The Morgan fingerprint density at radius 1 is 1.16 bits per heavy atom. The van der Waals surface area contributed by atoms with Crippen molar-refractivity contribution in [2.24, 2.45) is 5.41 Å². The van der Waals surface area contributed by atoms with Gasteiger partial charge in [0.1, 0.15) is 5.76 Å². The molecule has 4 nitrogen and oxygen atoms in total. The third-order valence-corrected chi connectivity index (χ3v) is 4.82. The second-order valence-corrected chi connectivity index (χ2v) is 8.03. The number of anilines is 1. The standard InChI is InChI=1S/C21H25NO3/c1-12(2)14-6-8-15(9-7-14)22-20(24)19-13(3)18-16(23)10-21(4,5)11-17(18)25-19/h6-9,12H,10-11H2,1-5H3,(H,22,24). The molecule has 0 saturated carbocycles. The molecule has 4 heteroatoms. The maximum absolute atomic E-state index is 12.6. The van der Waals surface area contributed by atoms with Crippen molar-refractivity contribution in [1.82, 2.24) is 0 Å². The first-order valence-electron chi connectivity index (χ1n) is 8.75. The highest BCUT2D eigenvalue weighted by Crippen LogP contribution is 2.38. The first kappa shape index (κ1) is 17.5. The van der Waals surface area contributed by atoms with Gasteiger partial charge >= 0.3 is 0 Å². The molecule has 1 amide bonds. The zero-order valence-corrected chi connectivity index (χ0v) is 15.5. The summed E-state index contributed by atoms with van der Waals surface area (Å²) in [5.41, 5.74) is 3.05. The Labute approximate surface area is 148 Å². The van der Waals surface area contributed by atoms with Crippen LogP contribution >= 0.6 is 0 Å². The predicted octanol–water partition coefficient (Wildman–Crippen LogP) is 5.12. The van der Waals surface area contributed by atoms with E-state index in [9.17, 15) is 9.59 Å². The summed E-state index contributed by atoms with van der Waals surface area (Å²) in [4.78, 5) is 25.0. The number of rotatable bonds is 3. The van der Waals surface area contributed by atoms with E-state index in [2.05, 4.69) is 19.2 Å². The van der Waals surface area contributed by atoms with Gasteiger partial charge in [-0.2, -0.15) is 0 Å². The first-order chi connectivity index (χ1) is 11.7. The summed E-state index contributed by atoms with van der Waals surface area (Å²) in [7, 11) is 0. The van der Waals surface area contributed by atoms with Gasteiger partial charge in [-0.15, -0.1) is 0 Å². The number of Topliss-reactive ketones (excluding diaryl/α,β-unsaturated/α-hetero) is 1. The fourth-order valence-electron chi connectivity index (χ4n) is 3.44. The lowest BCUT2D eigenvalue weighted by Crippen LogP contribution is -2.26. The van der Waals surface area contributed by atoms with Crippen LogP contribution in [0.1, 0.15) is 77.8 Å². The fourth-order valence-corrected chi connectivity index (χ4v) is 3.44. The Morgan fingerprint density at radius 3 is 2.40 bits per heavy atom. The van der Waals surface area contributed by atoms with Gasteiger partial charge in [0.05, 0.1) is 5.56 Å². The lowest BCUT2D eigenvalue weighted by Gasteiger charge is -2.27. The molecule has 0 atom stereocenters. The van der Waals surface area contributed by atoms with E-state index in [-0.39, 0.29) is 22.9 Å². The maximum Gasteiger partial charge on any atom is 0.291 e. The molecule has 1 heterocycles. The van der Waals surface area contributed by atoms with Gasteiger partial charge in [-0.25, -0.2) is 0 Å². The third kappa shape index (κ3) is 3.39. The molecule has 0 aliphatic heterocycles. The molecule has 3 rings (SSSR count). The number of amides is 1. The van der Waals surface area contributed by atoms with Gasteiger partial charge in [-0.1, -0.05) is 39.8 Å². The van der Waals surface area contributed by atoms with Crippen LogP contribution in [0.25, 0.3) is 0 Å². The molecular formula is C21H25NO3. The van der Waals surface area contributed by atoms with Crippen LogP contribution in [0, 0.1) is 12.3 Å². The number of nitrogens with one attached hydrogen (secondary N) is 1. The zero-order valence-electron chi connectivity index (χ0n) is 15.5. The van der Waals surface area contributed by atoms with E-state index in [0.717, 1.165) is 5.69 Å². The lowest BCUT2D eigenvalue weighted by molar-refractivity contribution is 0.0898. The van der Waals surface area contributed by atoms with Crippen molar-refractivity contribution in [3.63, 3.8) is 0 Å². The Kier molecular flexibility index (Phi) is 4.31. The lowest BCUT2D eigenvalue weighted by atomic mass is 9.76. The highest BCUT2D eigenvalue weighted by molar-refractivity contribution is 6.07. The summed E-state index contributed by atoms with van der Waals surface area (Å²) in [6, 6.07) is 7.79. The number of hydrogen-bond donors (Lipinski definition) is 1. The average Bonchev–Trinajstić information content (AvgIpc) is 2.83. The number of fused-ring (bicyclic) bond motifs is 1. The zero-order chi connectivity index (χ0) is 18.4. The SMILES string of the molecule is Cc1c(C(=O)Nc2ccc(C(C)C)cc2)oc2c1C(=O)CC(C)(C)C2. The van der Waals surface area contributed by atoms with Crippen LogP contribution in [-0.4, -0.2) is 11.7 Å². The minimum absolute atomic E-state index is 0.0628. The average molecular weight is 339 g/mol. The molecule has 25 heavy (non-hydrogen) atoms. The predicted molar refractivity (Wildman–Crippen MR) is 98.4 cm³/mol. The molecule has 2 aromatic rings. The van der Waals surface area contributed by atoms with Gasteiger partial charge < -0.3 is 9.73 Å². The third-order valence-electron chi connectivity index (χ3n) is 4.82. The van der Waals surface area contributed by atoms with Crippen molar-refractivity contribution in [1.29, 1.82) is 0 Å². The van der Waals surface area contributed by atoms with Gasteiger partial charge in [-0.3, -0.25) is 9.59 Å². The second-order valence-electron chi connectivity index (χ2n) is 8.03. The molecule has 0 bridgehead atoms. The number of carbonyl (C=O) groups is 2. The largest absolute Gasteiger partial charge is 0.455 e. The summed E-state index contributed by atoms with van der Waals surface area (Å²) in [6.07, 6.45) is 1.16. The van der Waals surface area contributed by atoms with Gasteiger partial charge in [0.2, 0.25) is 0 Å². The number of furan rings is 1. The molecule has 0 saturated heterocycles. The van der Waals surface area contributed by atoms with Gasteiger partial charge in [0.15, 0.2) is 11.5 Å². The summed E-state index contributed by atoms with van der Waals surface area (Å²) in [5, 5.41) is 2.87. The summed E-state index contributed by atoms with van der Waals surface area (Å²) in [6.45, 7) is 10.1. The van der Waals surface area contributed by atoms with E-state index in [1.807, 2.05) is 38.1 Å². The number of hydrogen-bond acceptors (Lipinski definition) is 3. The first-order valence-corrected chi connectivity index (χ1v) is 8.75. The fraction of sp³-hybridized carbons (Fsp3) is 0.429. The molecule has 0 spiro atoms. The molecule has 1 aromatic heterocycles. The summed E-state index contributed by atoms with van der Waals surface area (Å²) in [5.74, 6) is 1.07. The highest BCUT2D eigenvalue weighted by atomic mass is 16.4. The van der Waals surface area contributed by atoms with Crippen LogP contribution in [-0.2, 0) is 6.42 Å². The van der Waals surface area contributed by atoms with E-state index >= 15 is 0 Å². The van der Waals surface area contributed by atoms with Gasteiger partial charge in [-0.05, 0) is 36.0 Å². The van der Waals surface area contributed by atoms with Crippen molar-refractivity contribution in [2.45, 2.75) is 53.4 Å². The smallest absolute Gasteiger partial charge is 0.291 e. The van der Waals surface area contributed by atoms with Crippen molar-refractivity contribution in [3.8, 4) is 0 Å². The van der Waals surface area contributed by atoms with Crippen LogP contribution in [0.2, 0.25) is 0 Å². The van der Waals surface area contributed by atoms with E-state index < -0.39 is 0 Å². The molecule has 1 aromatic carbocycles. The van der Waals surface area contributed by atoms with E-state index in [1.54, 1.807) is 6.92 Å². The van der Waals surface area contributed by atoms with Crippen molar-refractivity contribution >= 4 is 17.4 Å². The molecular weight excluding hydrogens is 314 g/mol.